The number of nitrogens with one attached hydrogen (secondary N) is 2. The second-order valence-electron chi connectivity index (χ2n) is 10.2. The van der Waals surface area contributed by atoms with E-state index in [0.717, 1.165) is 42.9 Å². The maximum Gasteiger partial charge on any atom is 0.262 e. The van der Waals surface area contributed by atoms with Crippen LogP contribution in [-0.4, -0.2) is 65.1 Å². The van der Waals surface area contributed by atoms with Gasteiger partial charge in [0.25, 0.3) is 11.8 Å². The van der Waals surface area contributed by atoms with Gasteiger partial charge in [-0.1, -0.05) is 26.0 Å². The quantitative estimate of drug-likeness (QED) is 0.688. The summed E-state index contributed by atoms with van der Waals surface area (Å²) in [4.78, 5) is 53.5. The molecule has 0 spiro atoms. The second-order valence-corrected chi connectivity index (χ2v) is 10.2. The van der Waals surface area contributed by atoms with Crippen LogP contribution in [0.1, 0.15) is 65.8 Å². The minimum absolute atomic E-state index is 0.123. The number of amides is 4. The molecule has 8 heteroatoms. The van der Waals surface area contributed by atoms with Gasteiger partial charge in [0, 0.05) is 25.6 Å². The van der Waals surface area contributed by atoms with Crippen molar-refractivity contribution in [2.24, 2.45) is 11.3 Å². The van der Waals surface area contributed by atoms with Crippen molar-refractivity contribution in [2.45, 2.75) is 58.2 Å². The zero-order valence-corrected chi connectivity index (χ0v) is 18.6. The topological polar surface area (TPSA) is 98.8 Å². The Morgan fingerprint density at radius 2 is 1.78 bits per heavy atom. The van der Waals surface area contributed by atoms with Gasteiger partial charge in [-0.3, -0.25) is 34.3 Å². The molecule has 32 heavy (non-hydrogen) atoms. The van der Waals surface area contributed by atoms with E-state index in [1.165, 1.54) is 0 Å². The molecule has 5 rings (SSSR count). The van der Waals surface area contributed by atoms with Crippen LogP contribution >= 0.6 is 0 Å². The van der Waals surface area contributed by atoms with E-state index in [1.807, 2.05) is 6.07 Å². The van der Waals surface area contributed by atoms with Crippen LogP contribution in [0, 0.1) is 11.3 Å². The highest BCUT2D eigenvalue weighted by atomic mass is 16.2. The van der Waals surface area contributed by atoms with Gasteiger partial charge in [0.2, 0.25) is 11.8 Å². The van der Waals surface area contributed by atoms with Gasteiger partial charge in [-0.2, -0.15) is 0 Å². The molecule has 0 bridgehead atoms. The molecule has 170 valence electrons. The first kappa shape index (κ1) is 21.3. The Morgan fingerprint density at radius 1 is 1.03 bits per heavy atom. The molecule has 4 amide bonds. The van der Waals surface area contributed by atoms with Crippen molar-refractivity contribution in [1.29, 1.82) is 0 Å². The highest BCUT2D eigenvalue weighted by molar-refractivity contribution is 6.24. The monoisotopic (exact) mass is 438 g/mol. The molecule has 1 aromatic rings. The summed E-state index contributed by atoms with van der Waals surface area (Å²) in [6.45, 7) is 8.26. The average molecular weight is 439 g/mol. The predicted octanol–water partition coefficient (Wildman–Crippen LogP) is 1.30. The molecular formula is C24H30N4O4. The summed E-state index contributed by atoms with van der Waals surface area (Å²) < 4.78 is 0. The Morgan fingerprint density at radius 3 is 2.41 bits per heavy atom. The standard InChI is InChI=1S/C24H30N4O4/c1-24(2)13-25-20(24)14-8-10-27(11-9-14)12-15-4-3-5-16-19(15)23(32)28(22(16)31)17-6-7-18(29)26-21(17)30/h3-5,14,17,20,25H,6-13H2,1-2H3,(H,26,29,30). The van der Waals surface area contributed by atoms with Gasteiger partial charge >= 0.3 is 0 Å². The first-order chi connectivity index (χ1) is 15.3. The number of fused-ring (bicyclic) bond motifs is 1. The number of hydrogen-bond acceptors (Lipinski definition) is 6. The van der Waals surface area contributed by atoms with E-state index in [9.17, 15) is 19.2 Å². The lowest BCUT2D eigenvalue weighted by molar-refractivity contribution is -0.136. The number of benzene rings is 1. The summed E-state index contributed by atoms with van der Waals surface area (Å²) in [5.74, 6) is -1.15. The van der Waals surface area contributed by atoms with Gasteiger partial charge in [-0.05, 0) is 55.3 Å². The summed E-state index contributed by atoms with van der Waals surface area (Å²) in [5, 5.41) is 5.84. The highest BCUT2D eigenvalue weighted by Gasteiger charge is 2.46. The van der Waals surface area contributed by atoms with Gasteiger partial charge in [0.15, 0.2) is 0 Å². The number of nitrogens with zero attached hydrogens (tertiary/aromatic N) is 2. The number of rotatable bonds is 4. The van der Waals surface area contributed by atoms with Crippen molar-refractivity contribution in [3.8, 4) is 0 Å². The Kier molecular flexibility index (Phi) is 5.17. The van der Waals surface area contributed by atoms with E-state index < -0.39 is 23.8 Å². The molecule has 4 aliphatic rings. The fourth-order valence-electron chi connectivity index (χ4n) is 5.83. The normalized spacial score (nSPS) is 28.5. The number of carbonyl (C=O) groups is 4. The summed E-state index contributed by atoms with van der Waals surface area (Å²) >= 11 is 0. The van der Waals surface area contributed by atoms with Crippen LogP contribution in [0.5, 0.6) is 0 Å². The molecule has 1 aromatic carbocycles. The summed E-state index contributed by atoms with van der Waals surface area (Å²) in [6, 6.07) is 5.01. The average Bonchev–Trinajstić information content (AvgIpc) is 3.00. The van der Waals surface area contributed by atoms with Crippen molar-refractivity contribution in [3.05, 3.63) is 34.9 Å². The first-order valence-electron chi connectivity index (χ1n) is 11.6. The van der Waals surface area contributed by atoms with Crippen LogP contribution in [0.25, 0.3) is 0 Å². The van der Waals surface area contributed by atoms with E-state index in [-0.39, 0.29) is 18.7 Å². The molecule has 2 N–H and O–H groups in total. The smallest absolute Gasteiger partial charge is 0.262 e. The Labute approximate surface area is 187 Å². The van der Waals surface area contributed by atoms with Crippen molar-refractivity contribution in [3.63, 3.8) is 0 Å². The molecule has 0 aliphatic carbocycles. The van der Waals surface area contributed by atoms with Gasteiger partial charge < -0.3 is 5.32 Å². The molecule has 0 radical (unpaired) electrons. The zero-order chi connectivity index (χ0) is 22.6. The third-order valence-electron chi connectivity index (χ3n) is 7.67. The van der Waals surface area contributed by atoms with Gasteiger partial charge in [-0.15, -0.1) is 0 Å². The third kappa shape index (κ3) is 3.46. The van der Waals surface area contributed by atoms with Crippen molar-refractivity contribution < 1.29 is 19.2 Å². The maximum atomic E-state index is 13.3. The molecular weight excluding hydrogens is 408 g/mol. The maximum absolute atomic E-state index is 13.3. The van der Waals surface area contributed by atoms with E-state index in [0.29, 0.717) is 35.0 Å². The molecule has 0 saturated carbocycles. The molecule has 8 nitrogen and oxygen atoms in total. The van der Waals surface area contributed by atoms with E-state index in [1.54, 1.807) is 12.1 Å². The van der Waals surface area contributed by atoms with Crippen LogP contribution in [0.2, 0.25) is 0 Å². The summed E-state index contributed by atoms with van der Waals surface area (Å²) in [5.41, 5.74) is 1.95. The molecule has 4 aliphatic heterocycles. The predicted molar refractivity (Wildman–Crippen MR) is 117 cm³/mol. The first-order valence-corrected chi connectivity index (χ1v) is 11.6. The van der Waals surface area contributed by atoms with Crippen LogP contribution in [0.4, 0.5) is 0 Å². The Bertz CT molecular complexity index is 996. The van der Waals surface area contributed by atoms with Crippen LogP contribution in [-0.2, 0) is 16.1 Å². The minimum Gasteiger partial charge on any atom is -0.313 e. The van der Waals surface area contributed by atoms with Gasteiger partial charge in [0.1, 0.15) is 6.04 Å². The van der Waals surface area contributed by atoms with Crippen LogP contribution < -0.4 is 10.6 Å². The van der Waals surface area contributed by atoms with E-state index in [4.69, 9.17) is 0 Å². The Hall–Kier alpha value is -2.58. The molecule has 2 unspecified atom stereocenters. The number of carbonyl (C=O) groups excluding carboxylic acids is 4. The molecule has 2 atom stereocenters. The fourth-order valence-corrected chi connectivity index (χ4v) is 5.83. The lowest BCUT2D eigenvalue weighted by Crippen LogP contribution is -2.63. The lowest BCUT2D eigenvalue weighted by Gasteiger charge is -2.51. The fraction of sp³-hybridized carbons (Fsp3) is 0.583. The highest BCUT2D eigenvalue weighted by Crippen LogP contribution is 2.38. The number of imide groups is 2. The van der Waals surface area contributed by atoms with Crippen molar-refractivity contribution in [1.82, 2.24) is 20.4 Å². The molecule has 3 saturated heterocycles. The molecule has 3 fully saturated rings. The SMILES string of the molecule is CC1(C)CNC1C1CCN(Cc2cccc3c2C(=O)N(C2CCC(=O)NC2=O)C3=O)CC1. The largest absolute Gasteiger partial charge is 0.313 e. The van der Waals surface area contributed by atoms with E-state index in [2.05, 4.69) is 29.4 Å². The van der Waals surface area contributed by atoms with E-state index >= 15 is 0 Å². The van der Waals surface area contributed by atoms with Gasteiger partial charge in [0.05, 0.1) is 11.1 Å². The van der Waals surface area contributed by atoms with Crippen molar-refractivity contribution >= 4 is 23.6 Å². The zero-order valence-electron chi connectivity index (χ0n) is 18.6. The van der Waals surface area contributed by atoms with Crippen LogP contribution in [0.15, 0.2) is 18.2 Å². The lowest BCUT2D eigenvalue weighted by atomic mass is 9.68. The Balaban J connectivity index is 1.30. The number of likely N-dealkylation sites (tertiary alicyclic amines) is 1. The minimum atomic E-state index is -0.929. The molecule has 4 heterocycles. The number of hydrogen-bond donors (Lipinski definition) is 2. The summed E-state index contributed by atoms with van der Waals surface area (Å²) in [6.07, 6.45) is 2.53. The van der Waals surface area contributed by atoms with Crippen molar-refractivity contribution in [2.75, 3.05) is 19.6 Å². The van der Waals surface area contributed by atoms with Gasteiger partial charge in [-0.25, -0.2) is 0 Å². The second kappa shape index (κ2) is 7.78. The molecule has 0 aromatic heterocycles. The van der Waals surface area contributed by atoms with Crippen LogP contribution in [0.3, 0.4) is 0 Å². The third-order valence-corrected chi connectivity index (χ3v) is 7.67. The number of piperidine rings is 2. The summed E-state index contributed by atoms with van der Waals surface area (Å²) in [7, 11) is 0.